The Bertz CT molecular complexity index is 836. The van der Waals surface area contributed by atoms with Gasteiger partial charge in [-0.1, -0.05) is 36.8 Å². The first kappa shape index (κ1) is 21.8. The normalized spacial score (nSPS) is 19.2. The van der Waals surface area contributed by atoms with Gasteiger partial charge in [0.15, 0.2) is 0 Å². The predicted octanol–water partition coefficient (Wildman–Crippen LogP) is 4.03. The number of benzene rings is 2. The van der Waals surface area contributed by atoms with Crippen molar-refractivity contribution in [2.75, 3.05) is 50.8 Å². The van der Waals surface area contributed by atoms with Crippen LogP contribution >= 0.6 is 0 Å². The lowest BCUT2D eigenvalue weighted by Gasteiger charge is -2.35. The molecule has 1 unspecified atom stereocenters. The molecule has 2 aliphatic heterocycles. The van der Waals surface area contributed by atoms with E-state index in [0.29, 0.717) is 6.54 Å². The number of hydrogen-bond acceptors (Lipinski definition) is 4. The van der Waals surface area contributed by atoms with Gasteiger partial charge in [-0.25, -0.2) is 0 Å². The largest absolute Gasteiger partial charge is 0.379 e. The SMILES string of the molecule is Cc1ccc(C(CNC(=O)c2ccc(N3CCC(C)CC3)cc2)N2CCOCC2)cc1. The average Bonchev–Trinajstić information content (AvgIpc) is 2.81. The van der Waals surface area contributed by atoms with E-state index in [2.05, 4.69) is 65.4 Å². The molecule has 0 radical (unpaired) electrons. The molecule has 2 saturated heterocycles. The lowest BCUT2D eigenvalue weighted by Crippen LogP contribution is -2.43. The zero-order chi connectivity index (χ0) is 21.6. The summed E-state index contributed by atoms with van der Waals surface area (Å²) in [5.41, 5.74) is 4.42. The molecular weight excluding hydrogens is 386 g/mol. The second-order valence-electron chi connectivity index (χ2n) is 9.00. The highest BCUT2D eigenvalue weighted by atomic mass is 16.5. The van der Waals surface area contributed by atoms with Crippen LogP contribution in [-0.2, 0) is 4.74 Å². The van der Waals surface area contributed by atoms with Gasteiger partial charge in [0.05, 0.1) is 19.3 Å². The molecule has 4 rings (SSSR count). The molecule has 31 heavy (non-hydrogen) atoms. The lowest BCUT2D eigenvalue weighted by atomic mass is 9.98. The summed E-state index contributed by atoms with van der Waals surface area (Å²) in [6, 6.07) is 16.9. The Kier molecular flexibility index (Phi) is 7.25. The zero-order valence-electron chi connectivity index (χ0n) is 18.8. The first-order valence-electron chi connectivity index (χ1n) is 11.6. The minimum atomic E-state index is -0.0100. The van der Waals surface area contributed by atoms with Crippen LogP contribution < -0.4 is 10.2 Å². The number of morpholine rings is 1. The van der Waals surface area contributed by atoms with Crippen molar-refractivity contribution in [3.05, 3.63) is 65.2 Å². The number of aryl methyl sites for hydroxylation is 1. The molecule has 1 atom stereocenters. The maximum atomic E-state index is 12.9. The van der Waals surface area contributed by atoms with E-state index < -0.39 is 0 Å². The Labute approximate surface area is 186 Å². The van der Waals surface area contributed by atoms with Crippen LogP contribution in [0.4, 0.5) is 5.69 Å². The fourth-order valence-corrected chi connectivity index (χ4v) is 4.52. The van der Waals surface area contributed by atoms with E-state index in [4.69, 9.17) is 4.74 Å². The van der Waals surface area contributed by atoms with E-state index in [-0.39, 0.29) is 11.9 Å². The van der Waals surface area contributed by atoms with Crippen LogP contribution in [0, 0.1) is 12.8 Å². The molecule has 5 nitrogen and oxygen atoms in total. The van der Waals surface area contributed by atoms with Crippen molar-refractivity contribution < 1.29 is 9.53 Å². The number of carbonyl (C=O) groups is 1. The first-order chi connectivity index (χ1) is 15.1. The van der Waals surface area contributed by atoms with Gasteiger partial charge in [0.25, 0.3) is 5.91 Å². The molecule has 166 valence electrons. The molecule has 2 heterocycles. The average molecular weight is 422 g/mol. The summed E-state index contributed by atoms with van der Waals surface area (Å²) in [7, 11) is 0. The number of ether oxygens (including phenoxy) is 1. The third-order valence-electron chi connectivity index (χ3n) is 6.68. The quantitative estimate of drug-likeness (QED) is 0.765. The van der Waals surface area contributed by atoms with Gasteiger partial charge in [-0.2, -0.15) is 0 Å². The fourth-order valence-electron chi connectivity index (χ4n) is 4.52. The van der Waals surface area contributed by atoms with Crippen molar-refractivity contribution in [3.8, 4) is 0 Å². The minimum absolute atomic E-state index is 0.0100. The number of piperidine rings is 1. The molecule has 0 saturated carbocycles. The van der Waals surface area contributed by atoms with E-state index in [9.17, 15) is 4.79 Å². The van der Waals surface area contributed by atoms with Gasteiger partial charge in [-0.3, -0.25) is 9.69 Å². The van der Waals surface area contributed by atoms with Crippen molar-refractivity contribution in [2.24, 2.45) is 5.92 Å². The van der Waals surface area contributed by atoms with Gasteiger partial charge in [-0.05, 0) is 55.5 Å². The van der Waals surface area contributed by atoms with Crippen molar-refractivity contribution >= 4 is 11.6 Å². The summed E-state index contributed by atoms with van der Waals surface area (Å²) in [4.78, 5) is 17.7. The summed E-state index contributed by atoms with van der Waals surface area (Å²) in [5, 5.41) is 3.18. The highest BCUT2D eigenvalue weighted by Gasteiger charge is 2.23. The second-order valence-corrected chi connectivity index (χ2v) is 9.00. The van der Waals surface area contributed by atoms with Gasteiger partial charge in [0.1, 0.15) is 0 Å². The third-order valence-corrected chi connectivity index (χ3v) is 6.68. The predicted molar refractivity (Wildman–Crippen MR) is 126 cm³/mol. The van der Waals surface area contributed by atoms with Gasteiger partial charge in [-0.15, -0.1) is 0 Å². The van der Waals surface area contributed by atoms with Crippen molar-refractivity contribution in [1.29, 1.82) is 0 Å². The van der Waals surface area contributed by atoms with Gasteiger partial charge < -0.3 is 15.0 Å². The van der Waals surface area contributed by atoms with Gasteiger partial charge in [0, 0.05) is 44.0 Å². The van der Waals surface area contributed by atoms with Crippen LogP contribution in [-0.4, -0.2) is 56.7 Å². The van der Waals surface area contributed by atoms with Crippen LogP contribution in [0.25, 0.3) is 0 Å². The Morgan fingerprint density at radius 2 is 1.65 bits per heavy atom. The van der Waals surface area contributed by atoms with E-state index in [1.54, 1.807) is 0 Å². The summed E-state index contributed by atoms with van der Waals surface area (Å²) in [5.74, 6) is 0.804. The van der Waals surface area contributed by atoms with Crippen LogP contribution in [0.2, 0.25) is 0 Å². The van der Waals surface area contributed by atoms with E-state index in [1.807, 2.05) is 12.1 Å². The Morgan fingerprint density at radius 3 is 2.29 bits per heavy atom. The van der Waals surface area contributed by atoms with Crippen LogP contribution in [0.3, 0.4) is 0 Å². The Balaban J connectivity index is 1.39. The number of nitrogens with one attached hydrogen (secondary N) is 1. The lowest BCUT2D eigenvalue weighted by molar-refractivity contribution is 0.0162. The Morgan fingerprint density at radius 1 is 1.00 bits per heavy atom. The number of hydrogen-bond donors (Lipinski definition) is 1. The second kappa shape index (κ2) is 10.3. The monoisotopic (exact) mass is 421 g/mol. The number of carbonyl (C=O) groups excluding carboxylic acids is 1. The summed E-state index contributed by atoms with van der Waals surface area (Å²) in [6.45, 7) is 10.5. The van der Waals surface area contributed by atoms with Gasteiger partial charge >= 0.3 is 0 Å². The molecular formula is C26H35N3O2. The molecule has 1 N–H and O–H groups in total. The van der Waals surface area contributed by atoms with Gasteiger partial charge in [0.2, 0.25) is 0 Å². The molecule has 2 aliphatic rings. The molecule has 2 aromatic rings. The molecule has 0 bridgehead atoms. The molecule has 0 spiro atoms. The number of amides is 1. The van der Waals surface area contributed by atoms with E-state index in [0.717, 1.165) is 50.9 Å². The number of nitrogens with zero attached hydrogens (tertiary/aromatic N) is 2. The molecule has 0 aromatic heterocycles. The molecule has 5 heteroatoms. The van der Waals surface area contributed by atoms with Crippen molar-refractivity contribution in [3.63, 3.8) is 0 Å². The maximum Gasteiger partial charge on any atom is 0.251 e. The highest BCUT2D eigenvalue weighted by Crippen LogP contribution is 2.24. The van der Waals surface area contributed by atoms with Crippen LogP contribution in [0.15, 0.2) is 48.5 Å². The summed E-state index contributed by atoms with van der Waals surface area (Å²) in [6.07, 6.45) is 2.48. The summed E-state index contributed by atoms with van der Waals surface area (Å²) < 4.78 is 5.53. The smallest absolute Gasteiger partial charge is 0.251 e. The van der Waals surface area contributed by atoms with E-state index in [1.165, 1.54) is 29.7 Å². The van der Waals surface area contributed by atoms with E-state index >= 15 is 0 Å². The standard InChI is InChI=1S/C26H35N3O2/c1-20-3-5-22(6-4-20)25(29-15-17-31-18-16-29)19-27-26(30)23-7-9-24(10-8-23)28-13-11-21(2)12-14-28/h3-10,21,25H,11-19H2,1-2H3,(H,27,30). The van der Waals surface area contributed by atoms with Crippen LogP contribution in [0.5, 0.6) is 0 Å². The topological polar surface area (TPSA) is 44.8 Å². The Hall–Kier alpha value is -2.37. The molecule has 0 aliphatic carbocycles. The summed E-state index contributed by atoms with van der Waals surface area (Å²) >= 11 is 0. The maximum absolute atomic E-state index is 12.9. The third kappa shape index (κ3) is 5.66. The number of rotatable bonds is 6. The molecule has 2 fully saturated rings. The van der Waals surface area contributed by atoms with Crippen molar-refractivity contribution in [1.82, 2.24) is 10.2 Å². The van der Waals surface area contributed by atoms with Crippen LogP contribution in [0.1, 0.15) is 47.3 Å². The zero-order valence-corrected chi connectivity index (χ0v) is 18.8. The number of anilines is 1. The fraction of sp³-hybridized carbons (Fsp3) is 0.500. The minimum Gasteiger partial charge on any atom is -0.379 e. The highest BCUT2D eigenvalue weighted by molar-refractivity contribution is 5.94. The molecule has 1 amide bonds. The van der Waals surface area contributed by atoms with Crippen molar-refractivity contribution in [2.45, 2.75) is 32.7 Å². The molecule has 2 aromatic carbocycles. The first-order valence-corrected chi connectivity index (χ1v) is 11.6.